The van der Waals surface area contributed by atoms with Gasteiger partial charge in [0, 0.05) is 31.1 Å². The van der Waals surface area contributed by atoms with Gasteiger partial charge in [0.25, 0.3) is 5.91 Å². The molecule has 2 saturated heterocycles. The van der Waals surface area contributed by atoms with Gasteiger partial charge < -0.3 is 14.7 Å². The van der Waals surface area contributed by atoms with Crippen molar-refractivity contribution in [2.75, 3.05) is 26.7 Å². The minimum Gasteiger partial charge on any atom is -0.496 e. The highest BCUT2D eigenvalue weighted by Crippen LogP contribution is 2.35. The molecule has 0 aromatic heterocycles. The molecule has 0 unspecified atom stereocenters. The second-order valence-electron chi connectivity index (χ2n) is 7.50. The van der Waals surface area contributed by atoms with E-state index in [0.29, 0.717) is 18.0 Å². The summed E-state index contributed by atoms with van der Waals surface area (Å²) >= 11 is 0. The third-order valence-electron chi connectivity index (χ3n) is 5.77. The third-order valence-corrected chi connectivity index (χ3v) is 5.77. The van der Waals surface area contributed by atoms with Gasteiger partial charge in [-0.25, -0.2) is 4.79 Å². The summed E-state index contributed by atoms with van der Waals surface area (Å²) in [5.74, 6) is 0.00191. The van der Waals surface area contributed by atoms with Crippen molar-refractivity contribution < 1.29 is 19.4 Å². The number of ether oxygens (including phenoxy) is 1. The summed E-state index contributed by atoms with van der Waals surface area (Å²) < 4.78 is 5.57. The lowest BCUT2D eigenvalue weighted by atomic mass is 9.97. The second-order valence-corrected chi connectivity index (χ2v) is 7.50. The van der Waals surface area contributed by atoms with Gasteiger partial charge in [0.1, 0.15) is 5.75 Å². The smallest absolute Gasteiger partial charge is 0.335 e. The number of hydrogen-bond acceptors (Lipinski definition) is 5. The van der Waals surface area contributed by atoms with Crippen LogP contribution < -0.4 is 15.6 Å². The molecule has 1 amide bonds. The third kappa shape index (κ3) is 3.83. The number of nitrogens with one attached hydrogen (secondary N) is 2. The summed E-state index contributed by atoms with van der Waals surface area (Å²) in [6.45, 7) is 2.29. The van der Waals surface area contributed by atoms with Gasteiger partial charge in [-0.2, -0.15) is 0 Å². The molecule has 2 heterocycles. The molecule has 0 saturated carbocycles. The number of nitrogens with zero attached hydrogens (tertiary/aromatic N) is 1. The van der Waals surface area contributed by atoms with E-state index in [1.165, 1.54) is 0 Å². The Morgan fingerprint density at radius 2 is 1.90 bits per heavy atom. The number of carbonyl (C=O) groups is 2. The first-order valence-electron chi connectivity index (χ1n) is 9.86. The predicted octanol–water partition coefficient (Wildman–Crippen LogP) is 2.56. The SMILES string of the molecule is COc1cc(C(=O)N2CCC[C@@H]2c2cccc(C(=O)O)c2)ccc1C1CNNC1. The van der Waals surface area contributed by atoms with Gasteiger partial charge in [-0.3, -0.25) is 15.6 Å². The van der Waals surface area contributed by atoms with Crippen LogP contribution in [-0.2, 0) is 0 Å². The van der Waals surface area contributed by atoms with Crippen molar-refractivity contribution in [1.82, 2.24) is 15.8 Å². The number of likely N-dealkylation sites (tertiary alicyclic amines) is 1. The van der Waals surface area contributed by atoms with E-state index in [9.17, 15) is 14.7 Å². The molecule has 152 valence electrons. The Bertz CT molecular complexity index is 924. The van der Waals surface area contributed by atoms with Crippen LogP contribution in [0.25, 0.3) is 0 Å². The fourth-order valence-electron chi connectivity index (χ4n) is 4.27. The highest BCUT2D eigenvalue weighted by molar-refractivity contribution is 5.95. The fraction of sp³-hybridized carbons (Fsp3) is 0.364. The zero-order valence-electron chi connectivity index (χ0n) is 16.4. The van der Waals surface area contributed by atoms with Gasteiger partial charge in [0.2, 0.25) is 0 Å². The molecule has 2 aromatic rings. The van der Waals surface area contributed by atoms with Crippen LogP contribution in [-0.4, -0.2) is 48.6 Å². The average Bonchev–Trinajstić information content (AvgIpc) is 3.45. The summed E-state index contributed by atoms with van der Waals surface area (Å²) in [7, 11) is 1.62. The summed E-state index contributed by atoms with van der Waals surface area (Å²) in [6, 6.07) is 12.4. The van der Waals surface area contributed by atoms with Crippen LogP contribution >= 0.6 is 0 Å². The van der Waals surface area contributed by atoms with E-state index >= 15 is 0 Å². The summed E-state index contributed by atoms with van der Waals surface area (Å²) in [5, 5.41) is 9.28. The van der Waals surface area contributed by atoms with Gasteiger partial charge in [0.05, 0.1) is 18.7 Å². The van der Waals surface area contributed by atoms with Crippen LogP contribution in [0.1, 0.15) is 56.6 Å². The Morgan fingerprint density at radius 1 is 1.10 bits per heavy atom. The molecule has 4 rings (SSSR count). The van der Waals surface area contributed by atoms with E-state index in [1.807, 2.05) is 29.2 Å². The zero-order chi connectivity index (χ0) is 20.4. The van der Waals surface area contributed by atoms with E-state index in [0.717, 1.165) is 42.8 Å². The largest absolute Gasteiger partial charge is 0.496 e. The molecule has 2 aromatic carbocycles. The van der Waals surface area contributed by atoms with Crippen LogP contribution in [0.3, 0.4) is 0 Å². The van der Waals surface area contributed by atoms with E-state index in [1.54, 1.807) is 25.3 Å². The molecular formula is C22H25N3O4. The molecule has 0 radical (unpaired) electrons. The molecular weight excluding hydrogens is 370 g/mol. The number of carbonyl (C=O) groups excluding carboxylic acids is 1. The minimum absolute atomic E-state index is 0.0549. The lowest BCUT2D eigenvalue weighted by Crippen LogP contribution is -2.30. The normalized spacial score (nSPS) is 19.5. The van der Waals surface area contributed by atoms with Crippen molar-refractivity contribution in [3.8, 4) is 5.75 Å². The number of amides is 1. The van der Waals surface area contributed by atoms with Gasteiger partial charge in [-0.1, -0.05) is 18.2 Å². The summed E-state index contributed by atoms with van der Waals surface area (Å²) in [5.41, 5.74) is 9.01. The average molecular weight is 395 g/mol. The molecule has 7 nitrogen and oxygen atoms in total. The van der Waals surface area contributed by atoms with Crippen molar-refractivity contribution in [3.05, 3.63) is 64.7 Å². The molecule has 0 bridgehead atoms. The maximum atomic E-state index is 13.3. The van der Waals surface area contributed by atoms with E-state index in [4.69, 9.17) is 4.74 Å². The second kappa shape index (κ2) is 8.23. The topological polar surface area (TPSA) is 90.9 Å². The van der Waals surface area contributed by atoms with E-state index in [2.05, 4.69) is 10.9 Å². The van der Waals surface area contributed by atoms with Crippen LogP contribution in [0, 0.1) is 0 Å². The zero-order valence-corrected chi connectivity index (χ0v) is 16.4. The maximum Gasteiger partial charge on any atom is 0.335 e. The standard InChI is InChI=1S/C22H25N3O4/c1-29-20-11-15(7-8-18(20)17-12-23-24-13-17)21(26)25-9-3-6-19(25)14-4-2-5-16(10-14)22(27)28/h2,4-5,7-8,10-11,17,19,23-24H,3,6,9,12-13H2,1H3,(H,27,28)/t19-/m1/s1. The first-order valence-corrected chi connectivity index (χ1v) is 9.86. The molecule has 3 N–H and O–H groups in total. The first-order chi connectivity index (χ1) is 14.1. The number of methoxy groups -OCH3 is 1. The quantitative estimate of drug-likeness (QED) is 0.721. The van der Waals surface area contributed by atoms with Crippen molar-refractivity contribution in [1.29, 1.82) is 0 Å². The number of rotatable bonds is 5. The van der Waals surface area contributed by atoms with Crippen molar-refractivity contribution in [2.45, 2.75) is 24.8 Å². The van der Waals surface area contributed by atoms with Gasteiger partial charge in [-0.05, 0) is 48.2 Å². The Balaban J connectivity index is 1.60. The summed E-state index contributed by atoms with van der Waals surface area (Å²) in [4.78, 5) is 26.4. The number of hydrazine groups is 1. The molecule has 0 spiro atoms. The predicted molar refractivity (Wildman–Crippen MR) is 108 cm³/mol. The highest BCUT2D eigenvalue weighted by Gasteiger charge is 2.31. The van der Waals surface area contributed by atoms with Crippen LogP contribution in [0.2, 0.25) is 0 Å². The van der Waals surface area contributed by atoms with Gasteiger partial charge >= 0.3 is 5.97 Å². The van der Waals surface area contributed by atoms with Crippen LogP contribution in [0.5, 0.6) is 5.75 Å². The number of hydrogen-bond donors (Lipinski definition) is 3. The molecule has 2 aliphatic heterocycles. The molecule has 7 heteroatoms. The lowest BCUT2D eigenvalue weighted by Gasteiger charge is -2.26. The Morgan fingerprint density at radius 3 is 2.62 bits per heavy atom. The first kappa shape index (κ1) is 19.4. The lowest BCUT2D eigenvalue weighted by molar-refractivity contribution is 0.0696. The number of aromatic carboxylic acids is 1. The minimum atomic E-state index is -0.959. The molecule has 2 fully saturated rings. The van der Waals surface area contributed by atoms with Gasteiger partial charge in [0.15, 0.2) is 0 Å². The highest BCUT2D eigenvalue weighted by atomic mass is 16.5. The van der Waals surface area contributed by atoms with Gasteiger partial charge in [-0.15, -0.1) is 0 Å². The molecule has 2 aliphatic rings. The Hall–Kier alpha value is -2.90. The maximum absolute atomic E-state index is 13.3. The Kier molecular flexibility index (Phi) is 5.51. The van der Waals surface area contributed by atoms with E-state index in [-0.39, 0.29) is 17.5 Å². The number of benzene rings is 2. The van der Waals surface area contributed by atoms with Crippen LogP contribution in [0.4, 0.5) is 0 Å². The molecule has 29 heavy (non-hydrogen) atoms. The fourth-order valence-corrected chi connectivity index (χ4v) is 4.27. The molecule has 1 atom stereocenters. The van der Waals surface area contributed by atoms with Crippen molar-refractivity contribution in [2.24, 2.45) is 0 Å². The van der Waals surface area contributed by atoms with E-state index < -0.39 is 5.97 Å². The van der Waals surface area contributed by atoms with Crippen molar-refractivity contribution >= 4 is 11.9 Å². The molecule has 0 aliphatic carbocycles. The monoisotopic (exact) mass is 395 g/mol. The number of carboxylic acid groups (broad SMARTS) is 1. The summed E-state index contributed by atoms with van der Waals surface area (Å²) in [6.07, 6.45) is 1.71. The number of carboxylic acids is 1. The Labute approximate surface area is 169 Å². The van der Waals surface area contributed by atoms with Crippen molar-refractivity contribution in [3.63, 3.8) is 0 Å². The van der Waals surface area contributed by atoms with Crippen LogP contribution in [0.15, 0.2) is 42.5 Å².